The summed E-state index contributed by atoms with van der Waals surface area (Å²) in [6.45, 7) is 0.574. The zero-order chi connectivity index (χ0) is 30.6. The molecular formula is C30H32ClF3N8O2. The lowest BCUT2D eigenvalue weighted by atomic mass is 9.81. The van der Waals surface area contributed by atoms with Gasteiger partial charge in [0.05, 0.1) is 0 Å². The van der Waals surface area contributed by atoms with Crippen LogP contribution in [0.4, 0.5) is 18.9 Å². The van der Waals surface area contributed by atoms with E-state index in [-0.39, 0.29) is 30.7 Å². The molecule has 0 bridgehead atoms. The maximum atomic E-state index is 14.0. The van der Waals surface area contributed by atoms with Crippen molar-refractivity contribution in [3.63, 3.8) is 0 Å². The molecular weight excluding hydrogens is 597 g/mol. The number of H-pyrrole nitrogens is 1. The molecule has 5 N–H and O–H groups in total. The summed E-state index contributed by atoms with van der Waals surface area (Å²) in [6, 6.07) is 15.2. The van der Waals surface area contributed by atoms with E-state index in [1.54, 1.807) is 48.5 Å². The van der Waals surface area contributed by atoms with Crippen molar-refractivity contribution in [2.45, 2.75) is 44.3 Å². The summed E-state index contributed by atoms with van der Waals surface area (Å²) in [5.41, 5.74) is 13.9. The number of nitrogens with two attached hydrogens (primary N) is 2. The van der Waals surface area contributed by atoms with E-state index in [1.807, 2.05) is 0 Å². The van der Waals surface area contributed by atoms with Crippen LogP contribution < -0.4 is 16.4 Å². The first kappa shape index (κ1) is 32.6. The van der Waals surface area contributed by atoms with Crippen molar-refractivity contribution in [1.82, 2.24) is 25.6 Å². The number of carbonyl (C=O) groups excluding carboxylic acids is 2. The Morgan fingerprint density at radius 2 is 1.57 bits per heavy atom. The van der Waals surface area contributed by atoms with E-state index in [2.05, 4.69) is 25.6 Å². The minimum absolute atomic E-state index is 0. The number of carbonyl (C=O) groups is 2. The van der Waals surface area contributed by atoms with Gasteiger partial charge in [0.15, 0.2) is 0 Å². The molecule has 1 aliphatic carbocycles. The van der Waals surface area contributed by atoms with Crippen LogP contribution in [0.25, 0.3) is 22.5 Å². The number of tetrazole rings is 1. The summed E-state index contributed by atoms with van der Waals surface area (Å²) < 4.78 is 38.7. The third kappa shape index (κ3) is 7.40. The molecule has 2 heterocycles. The van der Waals surface area contributed by atoms with Gasteiger partial charge in [-0.1, -0.05) is 30.3 Å². The van der Waals surface area contributed by atoms with Crippen molar-refractivity contribution in [3.8, 4) is 22.5 Å². The fourth-order valence-corrected chi connectivity index (χ4v) is 5.47. The standard InChI is InChI=1S/C30H31F3N8O2.ClH/c31-30(32,33)26-14-11-23(17-36-26)20-5-1-18(2-6-20)15-25(27(35)42)41(29(43)22-7-3-19(16-34)4-8-22)24-12-9-21(10-13-24)28-37-39-40-38-28;/h1-2,5-6,9-14,17,19,22,25H,3-4,7-8,15-16,34H2,(H2,35,42)(H,37,38,39,40);1H/t19?,22?,25-;/m0./s1. The van der Waals surface area contributed by atoms with Crippen LogP contribution in [0.3, 0.4) is 0 Å². The lowest BCUT2D eigenvalue weighted by Gasteiger charge is -2.35. The minimum atomic E-state index is -4.52. The number of nitrogens with zero attached hydrogens (tertiary/aromatic N) is 5. The van der Waals surface area contributed by atoms with E-state index in [4.69, 9.17) is 11.5 Å². The molecule has 14 heteroatoms. The smallest absolute Gasteiger partial charge is 0.368 e. The van der Waals surface area contributed by atoms with Gasteiger partial charge in [0.2, 0.25) is 17.6 Å². The maximum absolute atomic E-state index is 14.0. The van der Waals surface area contributed by atoms with Gasteiger partial charge in [-0.2, -0.15) is 18.4 Å². The molecule has 1 aliphatic rings. The molecule has 1 saturated carbocycles. The Balaban J connectivity index is 0.00000442. The van der Waals surface area contributed by atoms with Gasteiger partial charge in [0, 0.05) is 35.3 Å². The van der Waals surface area contributed by atoms with E-state index in [9.17, 15) is 22.8 Å². The Kier molecular flexibility index (Phi) is 10.3. The number of rotatable bonds is 9. The molecule has 4 aromatic rings. The Morgan fingerprint density at radius 1 is 0.932 bits per heavy atom. The largest absolute Gasteiger partial charge is 0.433 e. The quantitative estimate of drug-likeness (QED) is 0.245. The second kappa shape index (κ2) is 14.0. The molecule has 0 spiro atoms. The van der Waals surface area contributed by atoms with Crippen LogP contribution in [0, 0.1) is 11.8 Å². The lowest BCUT2D eigenvalue weighted by Crippen LogP contribution is -2.52. The second-order valence-corrected chi connectivity index (χ2v) is 10.7. The number of nitrogens with one attached hydrogen (secondary N) is 1. The van der Waals surface area contributed by atoms with Gasteiger partial charge in [0.25, 0.3) is 0 Å². The molecule has 0 radical (unpaired) electrons. The molecule has 44 heavy (non-hydrogen) atoms. The van der Waals surface area contributed by atoms with Crippen molar-refractivity contribution in [2.24, 2.45) is 23.3 Å². The normalized spacial score (nSPS) is 17.4. The van der Waals surface area contributed by atoms with E-state index in [0.29, 0.717) is 53.5 Å². The highest BCUT2D eigenvalue weighted by Crippen LogP contribution is 2.33. The van der Waals surface area contributed by atoms with Crippen LogP contribution in [0.1, 0.15) is 36.9 Å². The maximum Gasteiger partial charge on any atom is 0.433 e. The average molecular weight is 629 g/mol. The summed E-state index contributed by atoms with van der Waals surface area (Å²) in [5, 5.41) is 13.9. The summed E-state index contributed by atoms with van der Waals surface area (Å²) in [4.78, 5) is 32.0. The highest BCUT2D eigenvalue weighted by molar-refractivity contribution is 6.01. The van der Waals surface area contributed by atoms with Gasteiger partial charge < -0.3 is 11.5 Å². The predicted molar refractivity (Wildman–Crippen MR) is 160 cm³/mol. The van der Waals surface area contributed by atoms with Crippen molar-refractivity contribution in [1.29, 1.82) is 0 Å². The SMILES string of the molecule is Cl.NCC1CCC(C(=O)N(c2ccc(-c3nn[nH]n3)cc2)[C@@H](Cc2ccc(-c3ccc(C(F)(F)F)nc3)cc2)C(N)=O)CC1. The molecule has 0 saturated heterocycles. The molecule has 232 valence electrons. The van der Waals surface area contributed by atoms with Gasteiger partial charge in [-0.05, 0) is 84.8 Å². The number of hydrogen-bond acceptors (Lipinski definition) is 7. The first-order valence-electron chi connectivity index (χ1n) is 13.9. The Bertz CT molecular complexity index is 1520. The third-order valence-electron chi connectivity index (χ3n) is 7.93. The predicted octanol–water partition coefficient (Wildman–Crippen LogP) is 4.56. The Morgan fingerprint density at radius 3 is 2.09 bits per heavy atom. The van der Waals surface area contributed by atoms with Crippen molar-refractivity contribution in [2.75, 3.05) is 11.4 Å². The Hall–Kier alpha value is -4.36. The number of aromatic amines is 1. The number of primary amides is 1. The second-order valence-electron chi connectivity index (χ2n) is 10.7. The summed E-state index contributed by atoms with van der Waals surface area (Å²) >= 11 is 0. The number of anilines is 1. The number of benzene rings is 2. The third-order valence-corrected chi connectivity index (χ3v) is 7.93. The molecule has 10 nitrogen and oxygen atoms in total. The molecule has 2 amide bonds. The Labute approximate surface area is 257 Å². The fraction of sp³-hybridized carbons (Fsp3) is 0.333. The number of halogens is 4. The van der Waals surface area contributed by atoms with Gasteiger partial charge >= 0.3 is 6.18 Å². The molecule has 1 atom stereocenters. The van der Waals surface area contributed by atoms with Crippen molar-refractivity contribution < 1.29 is 22.8 Å². The summed E-state index contributed by atoms with van der Waals surface area (Å²) in [5.74, 6) is -0.367. The number of hydrogen-bond donors (Lipinski definition) is 3. The highest BCUT2D eigenvalue weighted by atomic mass is 35.5. The fourth-order valence-electron chi connectivity index (χ4n) is 5.47. The number of alkyl halides is 3. The van der Waals surface area contributed by atoms with Crippen LogP contribution in [0.15, 0.2) is 66.9 Å². The van der Waals surface area contributed by atoms with E-state index in [1.165, 1.54) is 17.2 Å². The molecule has 1 fully saturated rings. The summed E-state index contributed by atoms with van der Waals surface area (Å²) in [6.07, 6.45) is -0.219. The van der Waals surface area contributed by atoms with Gasteiger partial charge in [-0.25, -0.2) is 0 Å². The monoisotopic (exact) mass is 628 g/mol. The van der Waals surface area contributed by atoms with Crippen LogP contribution in [0.2, 0.25) is 0 Å². The van der Waals surface area contributed by atoms with E-state index < -0.39 is 23.8 Å². The van der Waals surface area contributed by atoms with Gasteiger partial charge in [-0.3, -0.25) is 19.5 Å². The molecule has 2 aromatic carbocycles. The van der Waals surface area contributed by atoms with Gasteiger partial charge in [-0.15, -0.1) is 22.6 Å². The zero-order valence-electron chi connectivity index (χ0n) is 23.6. The van der Waals surface area contributed by atoms with Crippen LogP contribution in [-0.2, 0) is 22.2 Å². The minimum Gasteiger partial charge on any atom is -0.368 e. The molecule has 0 aliphatic heterocycles. The van der Waals surface area contributed by atoms with Gasteiger partial charge in [0.1, 0.15) is 11.7 Å². The molecule has 5 rings (SSSR count). The highest BCUT2D eigenvalue weighted by Gasteiger charge is 2.36. The number of amides is 2. The number of aromatic nitrogens is 5. The molecule has 2 aromatic heterocycles. The van der Waals surface area contributed by atoms with Crippen molar-refractivity contribution in [3.05, 3.63) is 78.1 Å². The van der Waals surface area contributed by atoms with Crippen LogP contribution >= 0.6 is 12.4 Å². The number of pyridine rings is 1. The van der Waals surface area contributed by atoms with Crippen LogP contribution in [-0.4, -0.2) is 50.0 Å². The summed E-state index contributed by atoms with van der Waals surface area (Å²) in [7, 11) is 0. The lowest BCUT2D eigenvalue weighted by molar-refractivity contribution is -0.141. The molecule has 0 unspecified atom stereocenters. The van der Waals surface area contributed by atoms with E-state index in [0.717, 1.165) is 24.5 Å². The zero-order valence-corrected chi connectivity index (χ0v) is 24.4. The van der Waals surface area contributed by atoms with E-state index >= 15 is 0 Å². The first-order chi connectivity index (χ1) is 20.6. The van der Waals surface area contributed by atoms with Crippen molar-refractivity contribution >= 4 is 29.9 Å². The average Bonchev–Trinajstić information content (AvgIpc) is 3.56. The first-order valence-corrected chi connectivity index (χ1v) is 13.9. The van der Waals surface area contributed by atoms with Crippen LogP contribution in [0.5, 0.6) is 0 Å². The topological polar surface area (TPSA) is 157 Å².